The van der Waals surface area contributed by atoms with Crippen LogP contribution in [0.3, 0.4) is 0 Å². The van der Waals surface area contributed by atoms with Gasteiger partial charge in [-0.25, -0.2) is 9.98 Å². The highest BCUT2D eigenvalue weighted by Crippen LogP contribution is 2.33. The molecule has 1 aliphatic heterocycles. The number of benzene rings is 2. The van der Waals surface area contributed by atoms with Crippen molar-refractivity contribution in [3.8, 4) is 0 Å². The molecule has 5 heteroatoms. The highest BCUT2D eigenvalue weighted by atomic mass is 35.5. The number of hydrogen-bond acceptors (Lipinski definition) is 3. The van der Waals surface area contributed by atoms with E-state index in [4.69, 9.17) is 27.9 Å². The Morgan fingerprint density at radius 1 is 1.00 bits per heavy atom. The first-order valence-corrected chi connectivity index (χ1v) is 7.27. The monoisotopic (exact) mass is 318 g/mol. The molecular formula is C16H12Cl2N2O. The Balaban J connectivity index is 2.13. The van der Waals surface area contributed by atoms with Crippen LogP contribution in [0.2, 0.25) is 10.0 Å². The molecule has 0 radical (unpaired) electrons. The summed E-state index contributed by atoms with van der Waals surface area (Å²) in [5, 5.41) is 0.990. The van der Waals surface area contributed by atoms with Crippen molar-refractivity contribution in [1.82, 2.24) is 0 Å². The van der Waals surface area contributed by atoms with Crippen LogP contribution in [0.25, 0.3) is 0 Å². The highest BCUT2D eigenvalue weighted by molar-refractivity contribution is 6.47. The van der Waals surface area contributed by atoms with Crippen molar-refractivity contribution in [3.63, 3.8) is 0 Å². The number of para-hydroxylation sites is 1. The van der Waals surface area contributed by atoms with Crippen LogP contribution < -0.4 is 0 Å². The lowest BCUT2D eigenvalue weighted by atomic mass is 10.1. The van der Waals surface area contributed by atoms with Crippen LogP contribution in [0.1, 0.15) is 5.56 Å². The van der Waals surface area contributed by atoms with Gasteiger partial charge in [0.15, 0.2) is 0 Å². The van der Waals surface area contributed by atoms with Crippen molar-refractivity contribution in [1.29, 1.82) is 0 Å². The Morgan fingerprint density at radius 3 is 2.33 bits per heavy atom. The van der Waals surface area contributed by atoms with Gasteiger partial charge in [-0.05, 0) is 12.1 Å². The average molecular weight is 319 g/mol. The van der Waals surface area contributed by atoms with Gasteiger partial charge in [-0.3, -0.25) is 0 Å². The summed E-state index contributed by atoms with van der Waals surface area (Å²) in [7, 11) is 0. The van der Waals surface area contributed by atoms with E-state index in [0.717, 1.165) is 5.56 Å². The molecule has 3 nitrogen and oxygen atoms in total. The molecule has 0 aromatic heterocycles. The summed E-state index contributed by atoms with van der Waals surface area (Å²) in [4.78, 5) is 8.95. The maximum Gasteiger partial charge on any atom is 0.236 e. The van der Waals surface area contributed by atoms with Crippen LogP contribution >= 0.6 is 23.2 Å². The summed E-state index contributed by atoms with van der Waals surface area (Å²) in [6.45, 7) is 1.20. The van der Waals surface area contributed by atoms with Crippen molar-refractivity contribution in [3.05, 3.63) is 64.1 Å². The summed E-state index contributed by atoms with van der Waals surface area (Å²) in [5.74, 6) is 0.525. The van der Waals surface area contributed by atoms with Crippen molar-refractivity contribution >= 4 is 40.5 Å². The molecule has 0 N–H and O–H groups in total. The first-order valence-electron chi connectivity index (χ1n) is 6.51. The molecular weight excluding hydrogens is 307 g/mol. The molecule has 0 bridgehead atoms. The third-order valence-electron chi connectivity index (χ3n) is 3.00. The summed E-state index contributed by atoms with van der Waals surface area (Å²) in [5.41, 5.74) is 2.08. The summed E-state index contributed by atoms with van der Waals surface area (Å²) in [6, 6.07) is 15.0. The van der Waals surface area contributed by atoms with E-state index in [-0.39, 0.29) is 0 Å². The van der Waals surface area contributed by atoms with Gasteiger partial charge in [-0.1, -0.05) is 59.6 Å². The van der Waals surface area contributed by atoms with E-state index in [0.29, 0.717) is 40.5 Å². The molecule has 1 heterocycles. The minimum atomic E-state index is 0.495. The van der Waals surface area contributed by atoms with E-state index < -0.39 is 0 Å². The van der Waals surface area contributed by atoms with Gasteiger partial charge in [0.2, 0.25) is 5.90 Å². The average Bonchev–Trinajstić information content (AvgIpc) is 3.02. The Hall–Kier alpha value is -1.84. The van der Waals surface area contributed by atoms with E-state index in [9.17, 15) is 0 Å². The van der Waals surface area contributed by atoms with Crippen LogP contribution in [0.15, 0.2) is 58.5 Å². The topological polar surface area (TPSA) is 34.0 Å². The molecule has 0 spiro atoms. The van der Waals surface area contributed by atoms with Crippen LogP contribution in [0.4, 0.5) is 5.69 Å². The second kappa shape index (κ2) is 6.29. The predicted molar refractivity (Wildman–Crippen MR) is 87.4 cm³/mol. The Kier molecular flexibility index (Phi) is 4.23. The molecule has 0 fully saturated rings. The van der Waals surface area contributed by atoms with Gasteiger partial charge in [0.1, 0.15) is 18.0 Å². The molecule has 0 unspecified atom stereocenters. The Bertz CT molecular complexity index is 691. The molecule has 2 aromatic carbocycles. The molecule has 0 saturated heterocycles. The van der Waals surface area contributed by atoms with Gasteiger partial charge in [-0.15, -0.1) is 0 Å². The summed E-state index contributed by atoms with van der Waals surface area (Å²) >= 11 is 12.4. The minimum Gasteiger partial charge on any atom is -0.474 e. The molecule has 1 aliphatic rings. The Morgan fingerprint density at radius 2 is 1.71 bits per heavy atom. The molecule has 0 atom stereocenters. The van der Waals surface area contributed by atoms with E-state index >= 15 is 0 Å². The third-order valence-corrected chi connectivity index (χ3v) is 3.61. The van der Waals surface area contributed by atoms with E-state index in [1.807, 2.05) is 30.3 Å². The minimum absolute atomic E-state index is 0.495. The second-order valence-electron chi connectivity index (χ2n) is 4.43. The molecule has 106 valence electrons. The number of halogens is 2. The van der Waals surface area contributed by atoms with Crippen molar-refractivity contribution in [2.45, 2.75) is 0 Å². The zero-order valence-electron chi connectivity index (χ0n) is 11.1. The standard InChI is InChI=1S/C16H12Cl2N2O/c17-12-7-4-8-13(18)15(12)20-14(16-19-9-10-21-16)11-5-2-1-3-6-11/h1-8H,9-10H2/b20-14+. The lowest BCUT2D eigenvalue weighted by molar-refractivity contribution is 0.353. The highest BCUT2D eigenvalue weighted by Gasteiger charge is 2.18. The van der Waals surface area contributed by atoms with E-state index in [1.165, 1.54) is 0 Å². The van der Waals surface area contributed by atoms with Crippen LogP contribution in [0.5, 0.6) is 0 Å². The summed E-state index contributed by atoms with van der Waals surface area (Å²) in [6.07, 6.45) is 0. The smallest absolute Gasteiger partial charge is 0.236 e. The number of ether oxygens (including phenoxy) is 1. The fraction of sp³-hybridized carbons (Fsp3) is 0.125. The van der Waals surface area contributed by atoms with Gasteiger partial charge >= 0.3 is 0 Å². The fourth-order valence-electron chi connectivity index (χ4n) is 2.02. The second-order valence-corrected chi connectivity index (χ2v) is 5.25. The largest absolute Gasteiger partial charge is 0.474 e. The first kappa shape index (κ1) is 14.1. The SMILES string of the molecule is Clc1cccc(Cl)c1/N=C(/C1=NCCO1)c1ccccc1. The fourth-order valence-corrected chi connectivity index (χ4v) is 2.50. The molecule has 0 amide bonds. The predicted octanol–water partition coefficient (Wildman–Crippen LogP) is 4.54. The molecule has 2 aromatic rings. The lowest BCUT2D eigenvalue weighted by Crippen LogP contribution is -2.15. The maximum absolute atomic E-state index is 6.20. The molecule has 0 saturated carbocycles. The van der Waals surface area contributed by atoms with Crippen molar-refractivity contribution < 1.29 is 4.74 Å². The zero-order valence-corrected chi connectivity index (χ0v) is 12.6. The zero-order chi connectivity index (χ0) is 14.7. The van der Waals surface area contributed by atoms with Crippen LogP contribution in [-0.4, -0.2) is 24.8 Å². The van der Waals surface area contributed by atoms with E-state index in [2.05, 4.69) is 9.98 Å². The van der Waals surface area contributed by atoms with Gasteiger partial charge < -0.3 is 4.74 Å². The first-order chi connectivity index (χ1) is 10.3. The van der Waals surface area contributed by atoms with Crippen LogP contribution in [0, 0.1) is 0 Å². The van der Waals surface area contributed by atoms with Gasteiger partial charge in [0.25, 0.3) is 0 Å². The number of nitrogens with zero attached hydrogens (tertiary/aromatic N) is 2. The number of hydrogen-bond donors (Lipinski definition) is 0. The van der Waals surface area contributed by atoms with Crippen LogP contribution in [-0.2, 0) is 4.74 Å². The van der Waals surface area contributed by atoms with Crippen molar-refractivity contribution in [2.75, 3.05) is 13.2 Å². The Labute approximate surface area is 132 Å². The van der Waals surface area contributed by atoms with Crippen molar-refractivity contribution in [2.24, 2.45) is 9.98 Å². The van der Waals surface area contributed by atoms with Gasteiger partial charge in [0.05, 0.1) is 16.6 Å². The quantitative estimate of drug-likeness (QED) is 0.765. The third kappa shape index (κ3) is 3.09. The maximum atomic E-state index is 6.20. The van der Waals surface area contributed by atoms with E-state index in [1.54, 1.807) is 18.2 Å². The molecule has 21 heavy (non-hydrogen) atoms. The lowest BCUT2D eigenvalue weighted by Gasteiger charge is -2.08. The van der Waals surface area contributed by atoms with Gasteiger partial charge in [-0.2, -0.15) is 0 Å². The molecule has 0 aliphatic carbocycles. The number of rotatable bonds is 3. The summed E-state index contributed by atoms with van der Waals surface area (Å²) < 4.78 is 5.55. The normalized spacial score (nSPS) is 14.8. The van der Waals surface area contributed by atoms with Gasteiger partial charge in [0, 0.05) is 5.56 Å². The molecule has 3 rings (SSSR count). The number of aliphatic imine (C=N–C) groups is 2.